The van der Waals surface area contributed by atoms with Gasteiger partial charge in [-0.1, -0.05) is 11.6 Å². The molecule has 1 aliphatic carbocycles. The minimum atomic E-state index is -4.69. The number of carboxylic acids is 2. The van der Waals surface area contributed by atoms with Crippen LogP contribution in [0.2, 0.25) is 5.15 Å². The summed E-state index contributed by atoms with van der Waals surface area (Å²) in [6, 6.07) is 1.29. The van der Waals surface area contributed by atoms with Crippen LogP contribution in [0.25, 0.3) is 0 Å². The van der Waals surface area contributed by atoms with E-state index in [4.69, 9.17) is 21.8 Å². The molecular weight excluding hydrogens is 543 g/mol. The Balaban J connectivity index is 0.000000414. The van der Waals surface area contributed by atoms with Crippen molar-refractivity contribution < 1.29 is 55.3 Å². The summed E-state index contributed by atoms with van der Waals surface area (Å²) >= 11 is 5.88. The zero-order valence-corrected chi connectivity index (χ0v) is 19.1. The lowest BCUT2D eigenvalue weighted by molar-refractivity contribution is -0.166. The van der Waals surface area contributed by atoms with Gasteiger partial charge in [0, 0.05) is 37.9 Å². The fourth-order valence-corrected chi connectivity index (χ4v) is 4.51. The van der Waals surface area contributed by atoms with Gasteiger partial charge in [0.15, 0.2) is 11.6 Å². The molecule has 1 unspecified atom stereocenters. The standard InChI is InChI=1S/C17H13ClF7N3O.C4H4O4/c18-12-11-9(1-4-26-12)15(2-3-16(11,21)22)7-28-6-8(17(23,24)25)5-10(13(28)27-15)29-14(19)20;5-3(6)1-2-4(7)8/h1,4-5,8,14H,2-3,6-7H2;1-2H,(H,5,6)(H,7,8)/b;2-1+/t8?,15-;/m1./s1. The van der Waals surface area contributed by atoms with Crippen LogP contribution in [-0.4, -0.2) is 63.7 Å². The van der Waals surface area contributed by atoms with E-state index >= 15 is 0 Å². The molecule has 1 aromatic rings. The fraction of sp³-hybridized carbons (Fsp3) is 0.429. The van der Waals surface area contributed by atoms with Crippen molar-refractivity contribution in [3.05, 3.63) is 52.5 Å². The molecule has 0 bridgehead atoms. The monoisotopic (exact) mass is 559 g/mol. The number of alkyl halides is 7. The third-order valence-corrected chi connectivity index (χ3v) is 5.98. The minimum Gasteiger partial charge on any atom is -0.478 e. The van der Waals surface area contributed by atoms with Gasteiger partial charge < -0.3 is 19.8 Å². The normalized spacial score (nSPS) is 24.1. The zero-order valence-electron chi connectivity index (χ0n) is 18.4. The van der Waals surface area contributed by atoms with Gasteiger partial charge >= 0.3 is 24.7 Å². The van der Waals surface area contributed by atoms with Gasteiger partial charge in [-0.25, -0.2) is 23.4 Å². The number of carboxylic acid groups (broad SMARTS) is 2. The fourth-order valence-electron chi connectivity index (χ4n) is 4.21. The molecule has 37 heavy (non-hydrogen) atoms. The number of amidine groups is 1. The van der Waals surface area contributed by atoms with Gasteiger partial charge in [0.1, 0.15) is 10.7 Å². The molecule has 2 aliphatic heterocycles. The number of halogens is 8. The van der Waals surface area contributed by atoms with Gasteiger partial charge in [0.25, 0.3) is 5.92 Å². The minimum absolute atomic E-state index is 0.0237. The van der Waals surface area contributed by atoms with Crippen LogP contribution in [0.5, 0.6) is 0 Å². The Kier molecular flexibility index (Phi) is 7.77. The van der Waals surface area contributed by atoms with Gasteiger partial charge in [0.05, 0.1) is 11.5 Å². The summed E-state index contributed by atoms with van der Waals surface area (Å²) in [5, 5.41) is 15.2. The van der Waals surface area contributed by atoms with Crippen LogP contribution < -0.4 is 0 Å². The highest BCUT2D eigenvalue weighted by atomic mass is 35.5. The molecule has 0 fully saturated rings. The molecule has 2 atom stereocenters. The Hall–Kier alpha value is -3.36. The van der Waals surface area contributed by atoms with Gasteiger partial charge in [0.2, 0.25) is 0 Å². The number of hydrogen-bond donors (Lipinski definition) is 2. The second kappa shape index (κ2) is 10.2. The van der Waals surface area contributed by atoms with Crippen molar-refractivity contribution in [3.8, 4) is 0 Å². The van der Waals surface area contributed by atoms with Crippen LogP contribution in [0.4, 0.5) is 30.7 Å². The molecule has 1 spiro atoms. The first-order valence-electron chi connectivity index (χ1n) is 10.3. The highest BCUT2D eigenvalue weighted by Crippen LogP contribution is 2.53. The summed E-state index contributed by atoms with van der Waals surface area (Å²) < 4.78 is 98.6. The molecule has 0 saturated heterocycles. The van der Waals surface area contributed by atoms with Crippen molar-refractivity contribution in [1.82, 2.24) is 9.88 Å². The molecule has 16 heteroatoms. The van der Waals surface area contributed by atoms with Crippen molar-refractivity contribution in [2.24, 2.45) is 10.9 Å². The van der Waals surface area contributed by atoms with Crippen LogP contribution >= 0.6 is 11.6 Å². The molecule has 0 saturated carbocycles. The predicted molar refractivity (Wildman–Crippen MR) is 112 cm³/mol. The molecular formula is C21H17ClF7N3O5. The average Bonchev–Trinajstić information content (AvgIpc) is 3.15. The lowest BCUT2D eigenvalue weighted by Crippen LogP contribution is -2.46. The van der Waals surface area contributed by atoms with E-state index < -0.39 is 71.5 Å². The average molecular weight is 560 g/mol. The summed E-state index contributed by atoms with van der Waals surface area (Å²) in [5.41, 5.74) is -1.87. The molecule has 4 rings (SSSR count). The highest BCUT2D eigenvalue weighted by Gasteiger charge is 2.55. The van der Waals surface area contributed by atoms with Crippen LogP contribution in [-0.2, 0) is 25.8 Å². The maximum absolute atomic E-state index is 14.5. The Bertz CT molecular complexity index is 1160. The molecule has 2 N–H and O–H groups in total. The summed E-state index contributed by atoms with van der Waals surface area (Å²) in [6.07, 6.45) is -2.68. The quantitative estimate of drug-likeness (QED) is 0.316. The Labute approximate surface area is 208 Å². The van der Waals surface area contributed by atoms with E-state index in [0.717, 1.165) is 4.90 Å². The maximum atomic E-state index is 14.5. The first kappa shape index (κ1) is 28.2. The number of carbonyl (C=O) groups is 2. The maximum Gasteiger partial charge on any atom is 0.396 e. The van der Waals surface area contributed by atoms with Crippen LogP contribution in [0.1, 0.15) is 24.0 Å². The Morgan fingerprint density at radius 2 is 1.81 bits per heavy atom. The molecule has 0 radical (unpaired) electrons. The summed E-state index contributed by atoms with van der Waals surface area (Å²) in [6.45, 7) is -4.14. The highest BCUT2D eigenvalue weighted by molar-refractivity contribution is 6.30. The number of hydrogen-bond acceptors (Lipinski definition) is 6. The van der Waals surface area contributed by atoms with Crippen molar-refractivity contribution in [2.45, 2.75) is 37.1 Å². The van der Waals surface area contributed by atoms with E-state index in [1.54, 1.807) is 0 Å². The van der Waals surface area contributed by atoms with E-state index in [0.29, 0.717) is 18.2 Å². The molecule has 0 aromatic carbocycles. The number of aliphatic carboxylic acids is 2. The summed E-state index contributed by atoms with van der Waals surface area (Å²) in [5.74, 6) is -8.79. The largest absolute Gasteiger partial charge is 0.478 e. The van der Waals surface area contributed by atoms with Crippen molar-refractivity contribution >= 4 is 29.4 Å². The lowest BCUT2D eigenvalue weighted by atomic mass is 9.76. The zero-order chi connectivity index (χ0) is 27.8. The first-order valence-corrected chi connectivity index (χ1v) is 10.7. The smallest absolute Gasteiger partial charge is 0.396 e. The number of ether oxygens (including phenoxy) is 1. The third kappa shape index (κ3) is 6.14. The first-order chi connectivity index (χ1) is 17.1. The number of nitrogens with zero attached hydrogens (tertiary/aromatic N) is 3. The van der Waals surface area contributed by atoms with E-state index in [2.05, 4.69) is 14.7 Å². The molecule has 202 valence electrons. The van der Waals surface area contributed by atoms with E-state index in [-0.39, 0.29) is 24.4 Å². The molecule has 1 aromatic heterocycles. The number of rotatable bonds is 4. The Morgan fingerprint density at radius 3 is 2.35 bits per heavy atom. The molecule has 3 heterocycles. The number of aromatic nitrogens is 1. The molecule has 0 amide bonds. The van der Waals surface area contributed by atoms with Gasteiger partial charge in [-0.2, -0.15) is 22.0 Å². The van der Waals surface area contributed by atoms with Gasteiger partial charge in [-0.3, -0.25) is 4.99 Å². The van der Waals surface area contributed by atoms with Crippen LogP contribution in [0.15, 0.2) is 41.2 Å². The molecule has 3 aliphatic rings. The van der Waals surface area contributed by atoms with E-state index in [1.165, 1.54) is 12.3 Å². The predicted octanol–water partition coefficient (Wildman–Crippen LogP) is 4.56. The van der Waals surface area contributed by atoms with Gasteiger partial charge in [-0.05, 0) is 24.1 Å². The van der Waals surface area contributed by atoms with E-state index in [9.17, 15) is 40.3 Å². The second-order valence-corrected chi connectivity index (χ2v) is 8.50. The number of pyridine rings is 1. The summed E-state index contributed by atoms with van der Waals surface area (Å²) in [7, 11) is 0. The van der Waals surface area contributed by atoms with Crippen molar-refractivity contribution in [1.29, 1.82) is 0 Å². The van der Waals surface area contributed by atoms with Crippen molar-refractivity contribution in [2.75, 3.05) is 13.1 Å². The number of aliphatic imine (C=N–C) groups is 1. The topological polar surface area (TPSA) is 112 Å². The van der Waals surface area contributed by atoms with Crippen LogP contribution in [0.3, 0.4) is 0 Å². The Morgan fingerprint density at radius 1 is 1.19 bits per heavy atom. The lowest BCUT2D eigenvalue weighted by Gasteiger charge is -2.38. The SMILES string of the molecule is FC(F)OC1=CC(C(F)(F)F)CN2C[C@@]3(CCC(F)(F)c4c3ccnc4Cl)N=C12.O=C(O)/C=C/C(=O)O. The summed E-state index contributed by atoms with van der Waals surface area (Å²) in [4.78, 5) is 28.3. The second-order valence-electron chi connectivity index (χ2n) is 8.14. The van der Waals surface area contributed by atoms with Gasteiger partial charge in [-0.15, -0.1) is 0 Å². The van der Waals surface area contributed by atoms with Crippen molar-refractivity contribution in [3.63, 3.8) is 0 Å². The van der Waals surface area contributed by atoms with Crippen LogP contribution in [0, 0.1) is 5.92 Å². The molecule has 8 nitrogen and oxygen atoms in total. The third-order valence-electron chi connectivity index (χ3n) is 5.69. The number of fused-ring (bicyclic) bond motifs is 3. The van der Waals surface area contributed by atoms with E-state index in [1.807, 2.05) is 0 Å².